The van der Waals surface area contributed by atoms with Crippen LogP contribution >= 0.6 is 35.0 Å². The minimum absolute atomic E-state index is 0.0124. The SMILES string of the molecule is CCn1c(SCC(=O)Nc2ccccc2[N+](=O)[O-])nnc1-c1ccc(Cl)cc1Cl. The fourth-order valence-electron chi connectivity index (χ4n) is 2.61. The molecule has 1 amide bonds. The van der Waals surface area contributed by atoms with E-state index in [1.165, 1.54) is 30.0 Å². The molecular weight excluding hydrogens is 437 g/mol. The number of benzene rings is 2. The molecule has 150 valence electrons. The molecule has 11 heteroatoms. The lowest BCUT2D eigenvalue weighted by atomic mass is 10.2. The van der Waals surface area contributed by atoms with Gasteiger partial charge in [0.2, 0.25) is 5.91 Å². The number of hydrogen-bond donors (Lipinski definition) is 1. The van der Waals surface area contributed by atoms with E-state index in [0.717, 1.165) is 0 Å². The van der Waals surface area contributed by atoms with Gasteiger partial charge < -0.3 is 9.88 Å². The molecule has 8 nitrogen and oxygen atoms in total. The fraction of sp³-hybridized carbons (Fsp3) is 0.167. The Morgan fingerprint density at radius 3 is 2.69 bits per heavy atom. The van der Waals surface area contributed by atoms with E-state index in [0.29, 0.717) is 33.1 Å². The Bertz CT molecular complexity index is 1070. The number of para-hydroxylation sites is 2. The molecule has 1 aromatic heterocycles. The maximum Gasteiger partial charge on any atom is 0.292 e. The van der Waals surface area contributed by atoms with Gasteiger partial charge in [-0.3, -0.25) is 14.9 Å². The molecule has 0 radical (unpaired) electrons. The lowest BCUT2D eigenvalue weighted by Gasteiger charge is -2.09. The van der Waals surface area contributed by atoms with Crippen LogP contribution in [0.5, 0.6) is 0 Å². The van der Waals surface area contributed by atoms with Crippen LogP contribution in [-0.4, -0.2) is 31.3 Å². The molecule has 0 spiro atoms. The first kappa shape index (κ1) is 21.1. The van der Waals surface area contributed by atoms with Gasteiger partial charge >= 0.3 is 0 Å². The van der Waals surface area contributed by atoms with Crippen LogP contribution in [0.2, 0.25) is 10.0 Å². The molecule has 29 heavy (non-hydrogen) atoms. The molecule has 0 aliphatic heterocycles. The molecule has 1 N–H and O–H groups in total. The van der Waals surface area contributed by atoms with Crippen LogP contribution in [-0.2, 0) is 11.3 Å². The molecule has 0 fully saturated rings. The van der Waals surface area contributed by atoms with Gasteiger partial charge in [0, 0.05) is 23.2 Å². The molecule has 1 heterocycles. The van der Waals surface area contributed by atoms with Crippen molar-refractivity contribution < 1.29 is 9.72 Å². The van der Waals surface area contributed by atoms with Crippen LogP contribution in [0.4, 0.5) is 11.4 Å². The third-order valence-electron chi connectivity index (χ3n) is 3.91. The largest absolute Gasteiger partial charge is 0.320 e. The van der Waals surface area contributed by atoms with Gasteiger partial charge in [0.1, 0.15) is 5.69 Å². The lowest BCUT2D eigenvalue weighted by Crippen LogP contribution is -2.15. The third-order valence-corrected chi connectivity index (χ3v) is 5.43. The summed E-state index contributed by atoms with van der Waals surface area (Å²) in [5.41, 5.74) is 0.664. The van der Waals surface area contributed by atoms with Crippen LogP contribution < -0.4 is 5.32 Å². The van der Waals surface area contributed by atoms with Crippen LogP contribution in [0.3, 0.4) is 0 Å². The van der Waals surface area contributed by atoms with Gasteiger partial charge in [-0.05, 0) is 31.2 Å². The summed E-state index contributed by atoms with van der Waals surface area (Å²) in [5.74, 6) is 0.190. The predicted octanol–water partition coefficient (Wildman–Crippen LogP) is 4.91. The number of amides is 1. The first-order chi connectivity index (χ1) is 13.9. The highest BCUT2D eigenvalue weighted by Crippen LogP contribution is 2.31. The first-order valence-corrected chi connectivity index (χ1v) is 10.2. The van der Waals surface area contributed by atoms with Gasteiger partial charge in [0.25, 0.3) is 5.69 Å². The molecular formula is C18H15Cl2N5O3S. The molecule has 0 aliphatic carbocycles. The molecule has 2 aromatic carbocycles. The molecule has 0 bridgehead atoms. The molecule has 0 aliphatic rings. The highest BCUT2D eigenvalue weighted by molar-refractivity contribution is 7.99. The highest BCUT2D eigenvalue weighted by atomic mass is 35.5. The highest BCUT2D eigenvalue weighted by Gasteiger charge is 2.18. The summed E-state index contributed by atoms with van der Waals surface area (Å²) in [4.78, 5) is 22.8. The van der Waals surface area contributed by atoms with E-state index in [4.69, 9.17) is 23.2 Å². The van der Waals surface area contributed by atoms with E-state index >= 15 is 0 Å². The number of nitro groups is 1. The summed E-state index contributed by atoms with van der Waals surface area (Å²) in [6, 6.07) is 11.1. The summed E-state index contributed by atoms with van der Waals surface area (Å²) in [7, 11) is 0. The quantitative estimate of drug-likeness (QED) is 0.310. The van der Waals surface area contributed by atoms with Gasteiger partial charge in [0.05, 0.1) is 15.7 Å². The van der Waals surface area contributed by atoms with Crippen LogP contribution in [0.15, 0.2) is 47.6 Å². The van der Waals surface area contributed by atoms with Crippen molar-refractivity contribution in [3.63, 3.8) is 0 Å². The van der Waals surface area contributed by atoms with Crippen molar-refractivity contribution in [1.82, 2.24) is 14.8 Å². The summed E-state index contributed by atoms with van der Waals surface area (Å²) < 4.78 is 1.83. The monoisotopic (exact) mass is 451 g/mol. The van der Waals surface area contributed by atoms with Crippen molar-refractivity contribution in [2.75, 3.05) is 11.1 Å². The maximum absolute atomic E-state index is 12.3. The number of thioether (sulfide) groups is 1. The zero-order valence-electron chi connectivity index (χ0n) is 15.1. The van der Waals surface area contributed by atoms with Crippen molar-refractivity contribution in [3.8, 4) is 11.4 Å². The van der Waals surface area contributed by atoms with E-state index in [1.807, 2.05) is 11.5 Å². The first-order valence-electron chi connectivity index (χ1n) is 8.45. The van der Waals surface area contributed by atoms with Gasteiger partial charge in [-0.15, -0.1) is 10.2 Å². The normalized spacial score (nSPS) is 10.7. The number of carbonyl (C=O) groups is 1. The molecule has 0 saturated carbocycles. The van der Waals surface area contributed by atoms with Crippen LogP contribution in [0, 0.1) is 10.1 Å². The third kappa shape index (κ3) is 4.87. The Kier molecular flexibility index (Phi) is 6.73. The molecule has 0 unspecified atom stereocenters. The molecule has 0 atom stereocenters. The summed E-state index contributed by atoms with van der Waals surface area (Å²) in [6.45, 7) is 2.49. The number of nitrogens with one attached hydrogen (secondary N) is 1. The summed E-state index contributed by atoms with van der Waals surface area (Å²) >= 11 is 13.4. The Hall–Kier alpha value is -2.62. The number of aromatic nitrogens is 3. The van der Waals surface area contributed by atoms with Crippen molar-refractivity contribution in [1.29, 1.82) is 0 Å². The van der Waals surface area contributed by atoms with E-state index in [-0.39, 0.29) is 23.0 Å². The zero-order valence-corrected chi connectivity index (χ0v) is 17.5. The molecule has 3 aromatic rings. The summed E-state index contributed by atoms with van der Waals surface area (Å²) in [6.07, 6.45) is 0. The topological polar surface area (TPSA) is 103 Å². The van der Waals surface area contributed by atoms with Gasteiger partial charge in [-0.1, -0.05) is 47.1 Å². The molecule has 3 rings (SSSR count). The smallest absolute Gasteiger partial charge is 0.292 e. The average molecular weight is 452 g/mol. The van der Waals surface area contributed by atoms with Gasteiger partial charge in [-0.2, -0.15) is 0 Å². The van der Waals surface area contributed by atoms with Crippen molar-refractivity contribution in [2.24, 2.45) is 0 Å². The Morgan fingerprint density at radius 1 is 1.24 bits per heavy atom. The van der Waals surface area contributed by atoms with E-state index < -0.39 is 4.92 Å². The summed E-state index contributed by atoms with van der Waals surface area (Å²) in [5, 5.41) is 23.5. The van der Waals surface area contributed by atoms with Gasteiger partial charge in [0.15, 0.2) is 11.0 Å². The Balaban J connectivity index is 1.74. The van der Waals surface area contributed by atoms with Gasteiger partial charge in [-0.25, -0.2) is 0 Å². The van der Waals surface area contributed by atoms with E-state index in [2.05, 4.69) is 15.5 Å². The number of anilines is 1. The van der Waals surface area contributed by atoms with Crippen LogP contribution in [0.25, 0.3) is 11.4 Å². The fourth-order valence-corrected chi connectivity index (χ4v) is 3.90. The van der Waals surface area contributed by atoms with Crippen molar-refractivity contribution >= 4 is 52.2 Å². The minimum atomic E-state index is -0.543. The lowest BCUT2D eigenvalue weighted by molar-refractivity contribution is -0.383. The number of rotatable bonds is 7. The maximum atomic E-state index is 12.3. The number of nitro benzene ring substituents is 1. The number of nitrogens with zero attached hydrogens (tertiary/aromatic N) is 4. The average Bonchev–Trinajstić information content (AvgIpc) is 3.09. The van der Waals surface area contributed by atoms with Crippen LogP contribution in [0.1, 0.15) is 6.92 Å². The number of halogens is 2. The van der Waals surface area contributed by atoms with Crippen molar-refractivity contribution in [3.05, 3.63) is 62.6 Å². The van der Waals surface area contributed by atoms with E-state index in [1.54, 1.807) is 24.3 Å². The zero-order chi connectivity index (χ0) is 21.0. The Labute approximate surface area is 180 Å². The minimum Gasteiger partial charge on any atom is -0.320 e. The second-order valence-electron chi connectivity index (χ2n) is 5.79. The second-order valence-corrected chi connectivity index (χ2v) is 7.57. The second kappa shape index (κ2) is 9.25. The number of carbonyl (C=O) groups excluding carboxylic acids is 1. The molecule has 0 saturated heterocycles. The number of hydrogen-bond acceptors (Lipinski definition) is 6. The standard InChI is InChI=1S/C18H15Cl2N5O3S/c1-2-24-17(12-8-7-11(19)9-13(12)20)22-23-18(24)29-10-16(26)21-14-5-3-4-6-15(14)25(27)28/h3-9H,2,10H2,1H3,(H,21,26). The van der Waals surface area contributed by atoms with E-state index in [9.17, 15) is 14.9 Å². The van der Waals surface area contributed by atoms with Crippen molar-refractivity contribution in [2.45, 2.75) is 18.6 Å². The Morgan fingerprint density at radius 2 is 2.00 bits per heavy atom. The predicted molar refractivity (Wildman–Crippen MR) is 114 cm³/mol.